The number of hydrogen-bond donors (Lipinski definition) is 1. The fourth-order valence-corrected chi connectivity index (χ4v) is 3.15. The zero-order valence-corrected chi connectivity index (χ0v) is 15.4. The van der Waals surface area contributed by atoms with Crippen molar-refractivity contribution in [1.82, 2.24) is 15.0 Å². The van der Waals surface area contributed by atoms with Crippen LogP contribution in [0.3, 0.4) is 0 Å². The molecule has 6 nitrogen and oxygen atoms in total. The molecule has 0 bridgehead atoms. The van der Waals surface area contributed by atoms with Crippen molar-refractivity contribution in [3.05, 3.63) is 41.4 Å². The van der Waals surface area contributed by atoms with Crippen molar-refractivity contribution in [2.24, 2.45) is 11.1 Å². The van der Waals surface area contributed by atoms with Gasteiger partial charge in [0.05, 0.1) is 11.3 Å². The standard InChI is InChI=1S/C17H24N4O2S/c1-12-8-13(20-23-12)9-24-15-14(6-5-7-19-15)16(22)21(4)11-17(2,3)10-18/h5-8H,9-11,18H2,1-4H3. The summed E-state index contributed by atoms with van der Waals surface area (Å²) in [7, 11) is 1.79. The minimum atomic E-state index is -0.127. The van der Waals surface area contributed by atoms with Crippen molar-refractivity contribution in [1.29, 1.82) is 0 Å². The normalized spacial score (nSPS) is 11.5. The summed E-state index contributed by atoms with van der Waals surface area (Å²) in [6.45, 7) is 7.05. The summed E-state index contributed by atoms with van der Waals surface area (Å²) in [4.78, 5) is 18.8. The average molecular weight is 348 g/mol. The highest BCUT2D eigenvalue weighted by Crippen LogP contribution is 2.25. The molecule has 2 heterocycles. The Bertz CT molecular complexity index is 699. The van der Waals surface area contributed by atoms with Crippen LogP contribution in [-0.2, 0) is 5.75 Å². The van der Waals surface area contributed by atoms with Crippen LogP contribution in [0, 0.1) is 12.3 Å². The number of aryl methyl sites for hydroxylation is 1. The molecule has 2 N–H and O–H groups in total. The minimum Gasteiger partial charge on any atom is -0.361 e. The molecule has 0 aliphatic carbocycles. The molecule has 0 aliphatic rings. The number of amides is 1. The number of thioether (sulfide) groups is 1. The van der Waals surface area contributed by atoms with Crippen LogP contribution in [0.25, 0.3) is 0 Å². The van der Waals surface area contributed by atoms with Gasteiger partial charge < -0.3 is 15.2 Å². The predicted molar refractivity (Wildman–Crippen MR) is 94.8 cm³/mol. The van der Waals surface area contributed by atoms with Gasteiger partial charge >= 0.3 is 0 Å². The van der Waals surface area contributed by atoms with Gasteiger partial charge in [-0.15, -0.1) is 0 Å². The van der Waals surface area contributed by atoms with Crippen molar-refractivity contribution in [2.75, 3.05) is 20.1 Å². The number of rotatable bonds is 7. The molecule has 0 saturated carbocycles. The van der Waals surface area contributed by atoms with Gasteiger partial charge in [-0.05, 0) is 31.0 Å². The number of nitrogens with zero attached hydrogens (tertiary/aromatic N) is 3. The first-order chi connectivity index (χ1) is 11.3. The predicted octanol–water partition coefficient (Wildman–Crippen LogP) is 2.73. The highest BCUT2D eigenvalue weighted by molar-refractivity contribution is 7.98. The summed E-state index contributed by atoms with van der Waals surface area (Å²) in [6, 6.07) is 5.46. The van der Waals surface area contributed by atoms with Crippen molar-refractivity contribution in [2.45, 2.75) is 31.6 Å². The van der Waals surface area contributed by atoms with E-state index >= 15 is 0 Å². The van der Waals surface area contributed by atoms with E-state index in [1.807, 2.05) is 26.8 Å². The van der Waals surface area contributed by atoms with Gasteiger partial charge in [0.1, 0.15) is 10.8 Å². The van der Waals surface area contributed by atoms with Crippen molar-refractivity contribution < 1.29 is 9.32 Å². The third kappa shape index (κ3) is 4.82. The van der Waals surface area contributed by atoms with Crippen LogP contribution < -0.4 is 5.73 Å². The van der Waals surface area contributed by atoms with Crippen LogP contribution in [0.1, 0.15) is 35.7 Å². The Kier molecular flexibility index (Phi) is 6.01. The lowest BCUT2D eigenvalue weighted by Gasteiger charge is -2.29. The SMILES string of the molecule is Cc1cc(CSc2ncccc2C(=O)N(C)CC(C)(C)CN)no1. The Morgan fingerprint density at radius 2 is 2.21 bits per heavy atom. The molecule has 130 valence electrons. The van der Waals surface area contributed by atoms with Crippen LogP contribution in [0.2, 0.25) is 0 Å². The van der Waals surface area contributed by atoms with Crippen LogP contribution in [0.15, 0.2) is 33.9 Å². The zero-order chi connectivity index (χ0) is 17.7. The first-order valence-electron chi connectivity index (χ1n) is 7.78. The highest BCUT2D eigenvalue weighted by Gasteiger charge is 2.23. The van der Waals surface area contributed by atoms with E-state index in [-0.39, 0.29) is 11.3 Å². The molecule has 0 radical (unpaired) electrons. The maximum absolute atomic E-state index is 12.8. The smallest absolute Gasteiger partial charge is 0.256 e. The van der Waals surface area contributed by atoms with Gasteiger partial charge in [-0.2, -0.15) is 0 Å². The summed E-state index contributed by atoms with van der Waals surface area (Å²) >= 11 is 1.48. The van der Waals surface area contributed by atoms with E-state index in [1.165, 1.54) is 11.8 Å². The number of pyridine rings is 1. The number of hydrogen-bond acceptors (Lipinski definition) is 6. The molecule has 2 rings (SSSR count). The summed E-state index contributed by atoms with van der Waals surface area (Å²) in [5, 5.41) is 4.66. The molecule has 0 fully saturated rings. The van der Waals surface area contributed by atoms with Gasteiger partial charge in [0.2, 0.25) is 0 Å². The van der Waals surface area contributed by atoms with Gasteiger partial charge in [0.25, 0.3) is 5.91 Å². The third-order valence-corrected chi connectivity index (χ3v) is 4.64. The molecule has 0 aromatic carbocycles. The van der Waals surface area contributed by atoms with Crippen molar-refractivity contribution in [3.8, 4) is 0 Å². The Hall–Kier alpha value is -1.86. The van der Waals surface area contributed by atoms with Gasteiger partial charge in [-0.3, -0.25) is 4.79 Å². The third-order valence-electron chi connectivity index (χ3n) is 3.60. The fraction of sp³-hybridized carbons (Fsp3) is 0.471. The number of carbonyl (C=O) groups is 1. The molecule has 7 heteroatoms. The van der Waals surface area contributed by atoms with Crippen molar-refractivity contribution in [3.63, 3.8) is 0 Å². The highest BCUT2D eigenvalue weighted by atomic mass is 32.2. The quantitative estimate of drug-likeness (QED) is 0.774. The van der Waals surface area contributed by atoms with Crippen molar-refractivity contribution >= 4 is 17.7 Å². The van der Waals surface area contributed by atoms with Gasteiger partial charge in [-0.25, -0.2) is 4.98 Å². The van der Waals surface area contributed by atoms with Crippen LogP contribution in [0.4, 0.5) is 0 Å². The minimum absolute atomic E-state index is 0.0524. The van der Waals surface area contributed by atoms with Crippen LogP contribution >= 0.6 is 11.8 Å². The molecule has 0 aliphatic heterocycles. The second-order valence-corrected chi connectivity index (χ2v) is 7.57. The van der Waals surface area contributed by atoms with Gasteiger partial charge in [0.15, 0.2) is 0 Å². The Labute approximate surface area is 146 Å². The van der Waals surface area contributed by atoms with E-state index in [9.17, 15) is 4.79 Å². The molecular weight excluding hydrogens is 324 g/mol. The van der Waals surface area contributed by atoms with E-state index in [4.69, 9.17) is 10.3 Å². The molecule has 0 atom stereocenters. The van der Waals surface area contributed by atoms with Gasteiger partial charge in [-0.1, -0.05) is 30.8 Å². The maximum Gasteiger partial charge on any atom is 0.256 e. The lowest BCUT2D eigenvalue weighted by atomic mass is 9.93. The zero-order valence-electron chi connectivity index (χ0n) is 14.6. The molecule has 2 aromatic rings. The lowest BCUT2D eigenvalue weighted by Crippen LogP contribution is -2.40. The van der Waals surface area contributed by atoms with E-state index in [0.29, 0.717) is 29.4 Å². The lowest BCUT2D eigenvalue weighted by molar-refractivity contribution is 0.0736. The summed E-state index contributed by atoms with van der Waals surface area (Å²) < 4.78 is 5.07. The van der Waals surface area contributed by atoms with Crippen LogP contribution in [-0.4, -0.2) is 41.1 Å². The monoisotopic (exact) mass is 348 g/mol. The summed E-state index contributed by atoms with van der Waals surface area (Å²) in [6.07, 6.45) is 1.69. The summed E-state index contributed by atoms with van der Waals surface area (Å²) in [5.41, 5.74) is 7.07. The topological polar surface area (TPSA) is 85.2 Å². The molecule has 0 spiro atoms. The molecule has 24 heavy (non-hydrogen) atoms. The number of aromatic nitrogens is 2. The molecular formula is C17H24N4O2S. The Morgan fingerprint density at radius 1 is 1.46 bits per heavy atom. The molecule has 2 aromatic heterocycles. The Balaban J connectivity index is 2.11. The fourth-order valence-electron chi connectivity index (χ4n) is 2.28. The average Bonchev–Trinajstić information content (AvgIpc) is 2.97. The largest absolute Gasteiger partial charge is 0.361 e. The second-order valence-electron chi connectivity index (χ2n) is 6.60. The summed E-state index contributed by atoms with van der Waals surface area (Å²) in [5.74, 6) is 1.32. The first kappa shape index (κ1) is 18.5. The maximum atomic E-state index is 12.8. The first-order valence-corrected chi connectivity index (χ1v) is 8.76. The number of nitrogens with two attached hydrogens (primary N) is 1. The Morgan fingerprint density at radius 3 is 2.83 bits per heavy atom. The molecule has 0 saturated heterocycles. The van der Waals surface area contributed by atoms with E-state index in [0.717, 1.165) is 11.5 Å². The second kappa shape index (κ2) is 7.81. The molecule has 0 unspecified atom stereocenters. The molecule has 1 amide bonds. The van der Waals surface area contributed by atoms with E-state index in [1.54, 1.807) is 30.3 Å². The van der Waals surface area contributed by atoms with E-state index in [2.05, 4.69) is 10.1 Å². The number of carbonyl (C=O) groups excluding carboxylic acids is 1. The van der Waals surface area contributed by atoms with E-state index < -0.39 is 0 Å². The van der Waals surface area contributed by atoms with Gasteiger partial charge in [0, 0.05) is 31.6 Å². The van der Waals surface area contributed by atoms with Crippen LogP contribution in [0.5, 0.6) is 0 Å².